The first-order chi connectivity index (χ1) is 7.49. The van der Waals surface area contributed by atoms with Crippen LogP contribution < -0.4 is 4.72 Å². The predicted octanol–water partition coefficient (Wildman–Crippen LogP) is 1.15. The molecule has 0 heterocycles. The molecule has 0 aliphatic rings. The van der Waals surface area contributed by atoms with E-state index in [2.05, 4.69) is 8.91 Å². The van der Waals surface area contributed by atoms with Crippen molar-refractivity contribution in [2.75, 3.05) is 4.72 Å². The third kappa shape index (κ3) is 3.65. The number of benzene rings is 1. The van der Waals surface area contributed by atoms with Crippen LogP contribution in [0.15, 0.2) is 24.3 Å². The Morgan fingerprint density at radius 2 is 2.00 bits per heavy atom. The molecule has 8 heteroatoms. The monoisotopic (exact) mass is 244 g/mol. The molecule has 1 unspecified atom stereocenters. The number of carbonyl (C=O) groups excluding carboxylic acids is 1. The molecular formula is C8H8N2O5S. The van der Waals surface area contributed by atoms with Crippen molar-refractivity contribution in [3.63, 3.8) is 0 Å². The average Bonchev–Trinajstić information content (AvgIpc) is 2.16. The second kappa shape index (κ2) is 5.21. The second-order valence-corrected chi connectivity index (χ2v) is 3.56. The van der Waals surface area contributed by atoms with E-state index in [4.69, 9.17) is 0 Å². The van der Waals surface area contributed by atoms with Gasteiger partial charge in [0, 0.05) is 24.7 Å². The molecule has 0 spiro atoms. The molecule has 1 aromatic rings. The summed E-state index contributed by atoms with van der Waals surface area (Å²) in [5.41, 5.74) is 0.272. The third-order valence-electron chi connectivity index (χ3n) is 1.47. The van der Waals surface area contributed by atoms with E-state index in [-0.39, 0.29) is 5.69 Å². The maximum Gasteiger partial charge on any atom is 0.318 e. The molecule has 1 atom stereocenters. The van der Waals surface area contributed by atoms with Gasteiger partial charge in [0.15, 0.2) is 0 Å². The molecule has 0 bridgehead atoms. The van der Waals surface area contributed by atoms with E-state index in [0.29, 0.717) is 5.69 Å². The number of carbonyl (C=O) groups is 1. The Balaban J connectivity index is 2.65. The molecule has 0 aliphatic heterocycles. The van der Waals surface area contributed by atoms with Gasteiger partial charge in [0.1, 0.15) is 0 Å². The number of nitrogens with one attached hydrogen (secondary N) is 1. The number of nitrogens with zero attached hydrogens (tertiary/aromatic N) is 1. The lowest BCUT2D eigenvalue weighted by atomic mass is 10.3. The van der Waals surface area contributed by atoms with Crippen LogP contribution in [0.3, 0.4) is 0 Å². The summed E-state index contributed by atoms with van der Waals surface area (Å²) in [6, 6.07) is 5.21. The van der Waals surface area contributed by atoms with Crippen molar-refractivity contribution in [1.29, 1.82) is 0 Å². The number of nitro groups is 1. The van der Waals surface area contributed by atoms with Crippen molar-refractivity contribution >= 4 is 28.6 Å². The Morgan fingerprint density at radius 3 is 2.44 bits per heavy atom. The van der Waals surface area contributed by atoms with Gasteiger partial charge < -0.3 is 4.18 Å². The molecule has 1 aromatic carbocycles. The summed E-state index contributed by atoms with van der Waals surface area (Å²) in [6.07, 6.45) is 0. The molecule has 0 saturated carbocycles. The number of anilines is 1. The molecule has 0 saturated heterocycles. The third-order valence-corrected chi connectivity index (χ3v) is 2.26. The van der Waals surface area contributed by atoms with E-state index >= 15 is 0 Å². The van der Waals surface area contributed by atoms with Gasteiger partial charge in [0.25, 0.3) is 5.69 Å². The van der Waals surface area contributed by atoms with E-state index in [1.165, 1.54) is 24.3 Å². The molecule has 86 valence electrons. The number of nitro benzene ring substituents is 1. The van der Waals surface area contributed by atoms with Crippen LogP contribution >= 0.6 is 0 Å². The van der Waals surface area contributed by atoms with Crippen molar-refractivity contribution < 1.29 is 18.1 Å². The van der Waals surface area contributed by atoms with Crippen molar-refractivity contribution in [2.45, 2.75) is 6.92 Å². The summed E-state index contributed by atoms with van der Waals surface area (Å²) in [6.45, 7) is 1.12. The Labute approximate surface area is 93.4 Å². The van der Waals surface area contributed by atoms with Crippen LogP contribution in [0.1, 0.15) is 6.92 Å². The number of non-ortho nitro benzene ring substituents is 1. The molecule has 1 N–H and O–H groups in total. The van der Waals surface area contributed by atoms with Gasteiger partial charge >= 0.3 is 17.2 Å². The largest absolute Gasteiger partial charge is 0.349 e. The van der Waals surface area contributed by atoms with E-state index < -0.39 is 22.2 Å². The normalized spacial score (nSPS) is 11.6. The van der Waals surface area contributed by atoms with Crippen LogP contribution in [0.25, 0.3) is 0 Å². The molecule has 16 heavy (non-hydrogen) atoms. The fourth-order valence-electron chi connectivity index (χ4n) is 0.875. The Kier molecular flexibility index (Phi) is 3.95. The van der Waals surface area contributed by atoms with Crippen LogP contribution in [0.2, 0.25) is 0 Å². The van der Waals surface area contributed by atoms with Crippen molar-refractivity contribution in [3.8, 4) is 0 Å². The lowest BCUT2D eigenvalue weighted by molar-refractivity contribution is -0.384. The Morgan fingerprint density at radius 1 is 1.44 bits per heavy atom. The quantitative estimate of drug-likeness (QED) is 0.632. The summed E-state index contributed by atoms with van der Waals surface area (Å²) < 4.78 is 17.7. The molecule has 1 rings (SSSR count). The van der Waals surface area contributed by atoms with E-state index in [1.54, 1.807) is 0 Å². The highest BCUT2D eigenvalue weighted by molar-refractivity contribution is 7.82. The number of rotatable bonds is 4. The highest BCUT2D eigenvalue weighted by Gasteiger charge is 2.07. The van der Waals surface area contributed by atoms with Crippen molar-refractivity contribution in [3.05, 3.63) is 34.4 Å². The van der Waals surface area contributed by atoms with E-state index in [0.717, 1.165) is 6.92 Å². The molecular weight excluding hydrogens is 236 g/mol. The van der Waals surface area contributed by atoms with Gasteiger partial charge in [0.2, 0.25) is 0 Å². The highest BCUT2D eigenvalue weighted by Crippen LogP contribution is 2.15. The van der Waals surface area contributed by atoms with Crippen LogP contribution in [-0.4, -0.2) is 15.1 Å². The van der Waals surface area contributed by atoms with E-state index in [9.17, 15) is 19.1 Å². The minimum Gasteiger partial charge on any atom is -0.349 e. The lowest BCUT2D eigenvalue weighted by Gasteiger charge is -2.03. The first kappa shape index (κ1) is 12.1. The second-order valence-electron chi connectivity index (χ2n) is 2.72. The van der Waals surface area contributed by atoms with Crippen LogP contribution in [0, 0.1) is 10.1 Å². The topological polar surface area (TPSA) is 98.5 Å². The molecule has 0 radical (unpaired) electrons. The van der Waals surface area contributed by atoms with Gasteiger partial charge in [-0.2, -0.15) is 4.21 Å². The lowest BCUT2D eigenvalue weighted by Crippen LogP contribution is -2.11. The van der Waals surface area contributed by atoms with Crippen LogP contribution in [-0.2, 0) is 20.2 Å². The first-order valence-electron chi connectivity index (χ1n) is 4.11. The van der Waals surface area contributed by atoms with E-state index in [1.807, 2.05) is 0 Å². The maximum absolute atomic E-state index is 11.1. The molecule has 7 nitrogen and oxygen atoms in total. The molecule has 0 fully saturated rings. The maximum atomic E-state index is 11.1. The SMILES string of the molecule is CC(=O)OS(=O)Nc1ccc([N+](=O)[O-])cc1. The van der Waals surface area contributed by atoms with Gasteiger partial charge in [-0.05, 0) is 12.1 Å². The smallest absolute Gasteiger partial charge is 0.318 e. The zero-order chi connectivity index (χ0) is 12.1. The predicted molar refractivity (Wildman–Crippen MR) is 56.6 cm³/mol. The fourth-order valence-corrected chi connectivity index (χ4v) is 1.46. The fraction of sp³-hybridized carbons (Fsp3) is 0.125. The molecule has 0 amide bonds. The average molecular weight is 244 g/mol. The number of hydrogen-bond acceptors (Lipinski definition) is 5. The summed E-state index contributed by atoms with van der Waals surface area (Å²) >= 11 is -1.99. The molecule has 0 aromatic heterocycles. The standard InChI is InChI=1S/C8H8N2O5S/c1-6(11)15-16(14)9-7-2-4-8(5-3-7)10(12)13/h2-5,9H,1H3. The van der Waals surface area contributed by atoms with Crippen LogP contribution in [0.5, 0.6) is 0 Å². The zero-order valence-electron chi connectivity index (χ0n) is 8.21. The molecule has 0 aliphatic carbocycles. The Hall–Kier alpha value is -1.96. The minimum absolute atomic E-state index is 0.0798. The first-order valence-corrected chi connectivity index (χ1v) is 5.18. The van der Waals surface area contributed by atoms with Crippen LogP contribution in [0.4, 0.5) is 11.4 Å². The van der Waals surface area contributed by atoms with Crippen molar-refractivity contribution in [1.82, 2.24) is 0 Å². The summed E-state index contributed by atoms with van der Waals surface area (Å²) in [7, 11) is 0. The summed E-state index contributed by atoms with van der Waals surface area (Å²) in [4.78, 5) is 20.2. The van der Waals surface area contributed by atoms with Crippen molar-refractivity contribution in [2.24, 2.45) is 0 Å². The summed E-state index contributed by atoms with van der Waals surface area (Å²) in [5.74, 6) is -0.687. The van der Waals surface area contributed by atoms with Gasteiger partial charge in [0.05, 0.1) is 4.92 Å². The van der Waals surface area contributed by atoms with Gasteiger partial charge in [-0.3, -0.25) is 19.6 Å². The zero-order valence-corrected chi connectivity index (χ0v) is 9.02. The Bertz CT molecular complexity index is 431. The summed E-state index contributed by atoms with van der Waals surface area (Å²) in [5, 5.41) is 10.3. The number of hydrogen-bond donors (Lipinski definition) is 1. The van der Waals surface area contributed by atoms with Gasteiger partial charge in [-0.1, -0.05) is 0 Å². The van der Waals surface area contributed by atoms with Gasteiger partial charge in [-0.25, -0.2) is 0 Å². The minimum atomic E-state index is -1.99. The highest BCUT2D eigenvalue weighted by atomic mass is 32.2. The van der Waals surface area contributed by atoms with Gasteiger partial charge in [-0.15, -0.1) is 0 Å².